The molecule has 2 rings (SSSR count). The van der Waals surface area contributed by atoms with Gasteiger partial charge in [0.1, 0.15) is 0 Å². The van der Waals surface area contributed by atoms with Crippen LogP contribution < -0.4 is 11.5 Å². The predicted molar refractivity (Wildman–Crippen MR) is 68.2 cm³/mol. The van der Waals surface area contributed by atoms with E-state index in [1.165, 1.54) is 5.56 Å². The van der Waals surface area contributed by atoms with Crippen LogP contribution in [-0.4, -0.2) is 23.4 Å². The van der Waals surface area contributed by atoms with Gasteiger partial charge in [-0.2, -0.15) is 0 Å². The third kappa shape index (κ3) is 2.26. The molecule has 0 saturated carbocycles. The number of nitrogen functional groups attached to an aromatic ring is 1. The van der Waals surface area contributed by atoms with Gasteiger partial charge in [0.05, 0.1) is 6.04 Å². The number of primary amides is 1. The third-order valence-corrected chi connectivity index (χ3v) is 3.49. The molecule has 1 unspecified atom stereocenters. The van der Waals surface area contributed by atoms with Gasteiger partial charge in [-0.1, -0.05) is 19.1 Å². The van der Waals surface area contributed by atoms with Crippen LogP contribution in [0.2, 0.25) is 0 Å². The van der Waals surface area contributed by atoms with Gasteiger partial charge in [0.25, 0.3) is 0 Å². The van der Waals surface area contributed by atoms with Gasteiger partial charge >= 0.3 is 0 Å². The molecule has 4 heteroatoms. The molecule has 0 fully saturated rings. The number of anilines is 1. The van der Waals surface area contributed by atoms with Gasteiger partial charge in [0, 0.05) is 18.8 Å². The highest BCUT2D eigenvalue weighted by molar-refractivity contribution is 5.79. The van der Waals surface area contributed by atoms with Crippen LogP contribution in [0.5, 0.6) is 0 Å². The third-order valence-electron chi connectivity index (χ3n) is 3.49. The molecule has 1 heterocycles. The summed E-state index contributed by atoms with van der Waals surface area (Å²) in [4.78, 5) is 13.5. The average Bonchev–Trinajstić information content (AvgIpc) is 2.30. The van der Waals surface area contributed by atoms with E-state index < -0.39 is 0 Å². The molecular weight excluding hydrogens is 214 g/mol. The Balaban J connectivity index is 2.23. The highest BCUT2D eigenvalue weighted by atomic mass is 16.1. The second kappa shape index (κ2) is 4.75. The first kappa shape index (κ1) is 11.9. The Morgan fingerprint density at radius 2 is 2.29 bits per heavy atom. The van der Waals surface area contributed by atoms with Crippen LogP contribution in [-0.2, 0) is 17.8 Å². The summed E-state index contributed by atoms with van der Waals surface area (Å²) >= 11 is 0. The Morgan fingerprint density at radius 3 is 2.94 bits per heavy atom. The molecule has 92 valence electrons. The van der Waals surface area contributed by atoms with Crippen molar-refractivity contribution in [2.24, 2.45) is 5.73 Å². The van der Waals surface area contributed by atoms with Crippen molar-refractivity contribution >= 4 is 11.6 Å². The van der Waals surface area contributed by atoms with Gasteiger partial charge in [-0.3, -0.25) is 9.69 Å². The van der Waals surface area contributed by atoms with E-state index in [4.69, 9.17) is 11.5 Å². The fourth-order valence-electron chi connectivity index (χ4n) is 2.53. The van der Waals surface area contributed by atoms with E-state index in [2.05, 4.69) is 11.0 Å². The molecule has 0 aliphatic carbocycles. The molecule has 0 spiro atoms. The highest BCUT2D eigenvalue weighted by Crippen LogP contribution is 2.25. The Hall–Kier alpha value is -1.55. The monoisotopic (exact) mass is 233 g/mol. The minimum Gasteiger partial charge on any atom is -0.398 e. The highest BCUT2D eigenvalue weighted by Gasteiger charge is 2.26. The number of hydrogen-bond donors (Lipinski definition) is 2. The topological polar surface area (TPSA) is 72.4 Å². The lowest BCUT2D eigenvalue weighted by atomic mass is 9.96. The summed E-state index contributed by atoms with van der Waals surface area (Å²) in [5, 5.41) is 0. The van der Waals surface area contributed by atoms with Crippen molar-refractivity contribution in [3.63, 3.8) is 0 Å². The number of rotatable bonds is 3. The quantitative estimate of drug-likeness (QED) is 0.762. The molecule has 17 heavy (non-hydrogen) atoms. The van der Waals surface area contributed by atoms with Crippen molar-refractivity contribution in [1.29, 1.82) is 0 Å². The summed E-state index contributed by atoms with van der Waals surface area (Å²) in [7, 11) is 0. The van der Waals surface area contributed by atoms with Crippen LogP contribution >= 0.6 is 0 Å². The fourth-order valence-corrected chi connectivity index (χ4v) is 2.53. The smallest absolute Gasteiger partial charge is 0.234 e. The van der Waals surface area contributed by atoms with Crippen LogP contribution in [0, 0.1) is 0 Å². The van der Waals surface area contributed by atoms with Crippen molar-refractivity contribution in [3.8, 4) is 0 Å². The second-order valence-corrected chi connectivity index (χ2v) is 4.53. The predicted octanol–water partition coefficient (Wildman–Crippen LogP) is 0.891. The lowest BCUT2D eigenvalue weighted by molar-refractivity contribution is -0.123. The Bertz CT molecular complexity index is 431. The lowest BCUT2D eigenvalue weighted by Gasteiger charge is -2.34. The van der Waals surface area contributed by atoms with Gasteiger partial charge in [-0.15, -0.1) is 0 Å². The van der Waals surface area contributed by atoms with E-state index in [1.54, 1.807) is 0 Å². The lowest BCUT2D eigenvalue weighted by Crippen LogP contribution is -2.46. The van der Waals surface area contributed by atoms with E-state index in [0.29, 0.717) is 0 Å². The minimum atomic E-state index is -0.245. The van der Waals surface area contributed by atoms with E-state index >= 15 is 0 Å². The van der Waals surface area contributed by atoms with E-state index in [0.717, 1.165) is 37.2 Å². The summed E-state index contributed by atoms with van der Waals surface area (Å²) in [6.07, 6.45) is 1.68. The van der Waals surface area contributed by atoms with Crippen LogP contribution in [0.25, 0.3) is 0 Å². The zero-order valence-electron chi connectivity index (χ0n) is 10.1. The van der Waals surface area contributed by atoms with E-state index in [1.807, 2.05) is 19.1 Å². The van der Waals surface area contributed by atoms with Crippen molar-refractivity contribution in [2.45, 2.75) is 32.4 Å². The minimum absolute atomic E-state index is 0.178. The standard InChI is InChI=1S/C13H19N3O/c1-2-12(13(15)17)16-7-6-9-4-3-5-11(14)10(9)8-16/h3-5,12H,2,6-8,14H2,1H3,(H2,15,17). The number of fused-ring (bicyclic) bond motifs is 1. The van der Waals surface area contributed by atoms with Crippen LogP contribution in [0.3, 0.4) is 0 Å². The zero-order valence-corrected chi connectivity index (χ0v) is 10.1. The number of nitrogens with two attached hydrogens (primary N) is 2. The average molecular weight is 233 g/mol. The molecule has 4 N–H and O–H groups in total. The zero-order chi connectivity index (χ0) is 12.4. The van der Waals surface area contributed by atoms with Crippen LogP contribution in [0.4, 0.5) is 5.69 Å². The number of carbonyl (C=O) groups excluding carboxylic acids is 1. The van der Waals surface area contributed by atoms with Gasteiger partial charge < -0.3 is 11.5 Å². The van der Waals surface area contributed by atoms with Crippen molar-refractivity contribution in [3.05, 3.63) is 29.3 Å². The Labute approximate surface area is 102 Å². The number of carbonyl (C=O) groups is 1. The largest absolute Gasteiger partial charge is 0.398 e. The van der Waals surface area contributed by atoms with Gasteiger partial charge in [-0.05, 0) is 30.0 Å². The maximum atomic E-state index is 11.4. The first-order chi connectivity index (χ1) is 8.13. The van der Waals surface area contributed by atoms with Gasteiger partial charge in [0.2, 0.25) is 5.91 Å². The summed E-state index contributed by atoms with van der Waals surface area (Å²) in [5.41, 5.74) is 14.7. The summed E-state index contributed by atoms with van der Waals surface area (Å²) in [6, 6.07) is 5.82. The molecule has 0 bridgehead atoms. The molecule has 0 saturated heterocycles. The molecule has 1 aliphatic rings. The molecular formula is C13H19N3O. The molecule has 0 radical (unpaired) electrons. The van der Waals surface area contributed by atoms with E-state index in [9.17, 15) is 4.79 Å². The number of amides is 1. The van der Waals surface area contributed by atoms with Crippen LogP contribution in [0.1, 0.15) is 24.5 Å². The van der Waals surface area contributed by atoms with Crippen molar-refractivity contribution in [1.82, 2.24) is 4.90 Å². The molecule has 1 atom stereocenters. The fraction of sp³-hybridized carbons (Fsp3) is 0.462. The summed E-state index contributed by atoms with van der Waals surface area (Å²) in [6.45, 7) is 3.58. The SMILES string of the molecule is CCC(C(N)=O)N1CCc2cccc(N)c2C1. The van der Waals surface area contributed by atoms with E-state index in [-0.39, 0.29) is 11.9 Å². The molecule has 0 aromatic heterocycles. The molecule has 1 aromatic carbocycles. The number of nitrogens with zero attached hydrogens (tertiary/aromatic N) is 1. The summed E-state index contributed by atoms with van der Waals surface area (Å²) in [5.74, 6) is -0.245. The first-order valence-corrected chi connectivity index (χ1v) is 6.03. The normalized spacial score (nSPS) is 17.5. The van der Waals surface area contributed by atoms with Gasteiger partial charge in [-0.25, -0.2) is 0 Å². The Kier molecular flexibility index (Phi) is 3.33. The summed E-state index contributed by atoms with van der Waals surface area (Å²) < 4.78 is 0. The van der Waals surface area contributed by atoms with Crippen LogP contribution in [0.15, 0.2) is 18.2 Å². The molecule has 1 aliphatic heterocycles. The van der Waals surface area contributed by atoms with Gasteiger partial charge in [0.15, 0.2) is 0 Å². The van der Waals surface area contributed by atoms with Crippen molar-refractivity contribution < 1.29 is 4.79 Å². The number of hydrogen-bond acceptors (Lipinski definition) is 3. The Morgan fingerprint density at radius 1 is 1.53 bits per heavy atom. The molecule has 4 nitrogen and oxygen atoms in total. The molecule has 1 aromatic rings. The maximum absolute atomic E-state index is 11.4. The molecule has 1 amide bonds. The second-order valence-electron chi connectivity index (χ2n) is 4.53. The number of benzene rings is 1. The maximum Gasteiger partial charge on any atom is 0.234 e. The first-order valence-electron chi connectivity index (χ1n) is 6.03. The van der Waals surface area contributed by atoms with Crippen molar-refractivity contribution in [2.75, 3.05) is 12.3 Å².